The molecule has 8 nitrogen and oxygen atoms in total. The number of amides is 1. The number of aliphatic hydroxyl groups excluding tert-OH is 1. The number of nitrogens with zero attached hydrogens (tertiary/aromatic N) is 1. The van der Waals surface area contributed by atoms with E-state index in [1.165, 1.54) is 96.3 Å². The maximum Gasteiger partial charge on any atom is 0.472 e. The van der Waals surface area contributed by atoms with Gasteiger partial charge in [0.15, 0.2) is 0 Å². The van der Waals surface area contributed by atoms with Gasteiger partial charge in [0.2, 0.25) is 5.91 Å². The Hall–Kier alpha value is -1.54. The lowest BCUT2D eigenvalue weighted by Crippen LogP contribution is -2.45. The summed E-state index contributed by atoms with van der Waals surface area (Å²) in [5.41, 5.74) is 0. The largest absolute Gasteiger partial charge is 0.472 e. The van der Waals surface area contributed by atoms with Gasteiger partial charge in [-0.2, -0.15) is 0 Å². The predicted molar refractivity (Wildman–Crippen MR) is 235 cm³/mol. The standard InChI is InChI=1S/C46H87N2O6P/c1-6-8-10-12-14-16-18-19-20-21-22-23-24-25-26-27-28-30-31-33-35-37-39-45(49)44(43-54-55(51,52)53-42-41-48(3,4)5)47-46(50)40-38-36-34-32-29-17-15-13-11-9-7-2/h13,15,25-26,30-31,37,39,44-45,49H,6-12,14,16-24,27-29,32-36,38,40-43H2,1-5H3,(H-,47,50,51,52)/p+1/b15-13-,26-25+,31-30+,39-37+. The number of phosphoric acid groups is 1. The zero-order valence-corrected chi connectivity index (χ0v) is 37.3. The molecule has 0 rings (SSSR count). The highest BCUT2D eigenvalue weighted by atomic mass is 31.2. The summed E-state index contributed by atoms with van der Waals surface area (Å²) in [4.78, 5) is 23.0. The Labute approximate surface area is 339 Å². The zero-order chi connectivity index (χ0) is 40.7. The minimum absolute atomic E-state index is 0.0508. The summed E-state index contributed by atoms with van der Waals surface area (Å²) < 4.78 is 23.5. The van der Waals surface area contributed by atoms with E-state index in [2.05, 4.69) is 55.6 Å². The van der Waals surface area contributed by atoms with Gasteiger partial charge in [0.05, 0.1) is 39.9 Å². The molecule has 0 aromatic carbocycles. The van der Waals surface area contributed by atoms with E-state index in [-0.39, 0.29) is 19.1 Å². The van der Waals surface area contributed by atoms with E-state index in [4.69, 9.17) is 9.05 Å². The summed E-state index contributed by atoms with van der Waals surface area (Å²) in [5.74, 6) is -0.204. The van der Waals surface area contributed by atoms with Crippen molar-refractivity contribution in [1.29, 1.82) is 0 Å². The van der Waals surface area contributed by atoms with Gasteiger partial charge >= 0.3 is 7.82 Å². The molecule has 322 valence electrons. The van der Waals surface area contributed by atoms with Gasteiger partial charge in [0.25, 0.3) is 0 Å². The van der Waals surface area contributed by atoms with Gasteiger partial charge in [-0.3, -0.25) is 13.8 Å². The van der Waals surface area contributed by atoms with Crippen LogP contribution in [0, 0.1) is 0 Å². The van der Waals surface area contributed by atoms with Gasteiger partial charge in [-0.15, -0.1) is 0 Å². The van der Waals surface area contributed by atoms with Crippen molar-refractivity contribution in [2.75, 3.05) is 40.9 Å². The van der Waals surface area contributed by atoms with E-state index in [9.17, 15) is 19.4 Å². The number of carbonyl (C=O) groups excluding carboxylic acids is 1. The van der Waals surface area contributed by atoms with Crippen molar-refractivity contribution >= 4 is 13.7 Å². The van der Waals surface area contributed by atoms with Crippen molar-refractivity contribution in [3.63, 3.8) is 0 Å². The molecule has 3 N–H and O–H groups in total. The first-order chi connectivity index (χ1) is 26.5. The molecular weight excluding hydrogens is 707 g/mol. The Morgan fingerprint density at radius 3 is 1.51 bits per heavy atom. The molecule has 0 aliphatic rings. The van der Waals surface area contributed by atoms with E-state index in [1.54, 1.807) is 6.08 Å². The van der Waals surface area contributed by atoms with E-state index in [0.717, 1.165) is 70.6 Å². The van der Waals surface area contributed by atoms with Gasteiger partial charge in [0, 0.05) is 6.42 Å². The van der Waals surface area contributed by atoms with Gasteiger partial charge in [0.1, 0.15) is 13.2 Å². The van der Waals surface area contributed by atoms with Gasteiger partial charge < -0.3 is 19.8 Å². The molecule has 0 aliphatic heterocycles. The van der Waals surface area contributed by atoms with Crippen LogP contribution in [0.1, 0.15) is 187 Å². The molecule has 0 saturated heterocycles. The molecule has 0 spiro atoms. The van der Waals surface area contributed by atoms with Gasteiger partial charge in [-0.05, 0) is 64.2 Å². The molecule has 0 aromatic heterocycles. The Balaban J connectivity index is 4.44. The predicted octanol–water partition coefficient (Wildman–Crippen LogP) is 12.5. The van der Waals surface area contributed by atoms with Crippen LogP contribution >= 0.6 is 7.82 Å². The van der Waals surface area contributed by atoms with Crippen LogP contribution in [0.15, 0.2) is 48.6 Å². The molecule has 0 fully saturated rings. The summed E-state index contributed by atoms with van der Waals surface area (Å²) in [5, 5.41) is 13.8. The maximum atomic E-state index is 12.8. The first-order valence-corrected chi connectivity index (χ1v) is 24.0. The van der Waals surface area contributed by atoms with Crippen LogP contribution in [0.5, 0.6) is 0 Å². The lowest BCUT2D eigenvalue weighted by molar-refractivity contribution is -0.870. The fourth-order valence-electron chi connectivity index (χ4n) is 6.11. The molecule has 3 unspecified atom stereocenters. The number of carbonyl (C=O) groups is 1. The number of likely N-dealkylation sites (N-methyl/N-ethyl adjacent to an activating group) is 1. The van der Waals surface area contributed by atoms with Crippen LogP contribution in [0.3, 0.4) is 0 Å². The molecule has 0 heterocycles. The minimum atomic E-state index is -4.35. The highest BCUT2D eigenvalue weighted by molar-refractivity contribution is 7.47. The number of hydrogen-bond donors (Lipinski definition) is 3. The van der Waals surface area contributed by atoms with Crippen molar-refractivity contribution in [2.45, 2.75) is 199 Å². The highest BCUT2D eigenvalue weighted by Crippen LogP contribution is 2.43. The van der Waals surface area contributed by atoms with Crippen LogP contribution in [-0.2, 0) is 18.4 Å². The van der Waals surface area contributed by atoms with Crippen LogP contribution in [0.4, 0.5) is 0 Å². The second-order valence-corrected chi connectivity index (χ2v) is 17.9. The average molecular weight is 796 g/mol. The van der Waals surface area contributed by atoms with Crippen molar-refractivity contribution in [3.05, 3.63) is 48.6 Å². The summed E-state index contributed by atoms with van der Waals surface area (Å²) in [6.45, 7) is 4.73. The molecule has 0 radical (unpaired) electrons. The summed E-state index contributed by atoms with van der Waals surface area (Å²) in [6, 6.07) is -0.872. The number of unbranched alkanes of at least 4 members (excludes halogenated alkanes) is 21. The first-order valence-electron chi connectivity index (χ1n) is 22.5. The number of allylic oxidation sites excluding steroid dienone is 7. The van der Waals surface area contributed by atoms with Crippen LogP contribution < -0.4 is 5.32 Å². The van der Waals surface area contributed by atoms with Crippen LogP contribution in [0.2, 0.25) is 0 Å². The lowest BCUT2D eigenvalue weighted by atomic mass is 10.0. The van der Waals surface area contributed by atoms with Crippen molar-refractivity contribution in [1.82, 2.24) is 5.32 Å². The fourth-order valence-corrected chi connectivity index (χ4v) is 6.85. The van der Waals surface area contributed by atoms with E-state index in [1.807, 2.05) is 27.2 Å². The Morgan fingerprint density at radius 2 is 1.02 bits per heavy atom. The Morgan fingerprint density at radius 1 is 0.600 bits per heavy atom. The number of nitrogens with one attached hydrogen (secondary N) is 1. The normalized spacial score (nSPS) is 14.8. The van der Waals surface area contributed by atoms with Gasteiger partial charge in [-0.1, -0.05) is 165 Å². The topological polar surface area (TPSA) is 105 Å². The van der Waals surface area contributed by atoms with Crippen LogP contribution in [-0.4, -0.2) is 73.4 Å². The van der Waals surface area contributed by atoms with Crippen LogP contribution in [0.25, 0.3) is 0 Å². The molecule has 0 bridgehead atoms. The van der Waals surface area contributed by atoms with Crippen molar-refractivity contribution in [3.8, 4) is 0 Å². The molecule has 0 saturated carbocycles. The minimum Gasteiger partial charge on any atom is -0.387 e. The number of rotatable bonds is 40. The molecule has 55 heavy (non-hydrogen) atoms. The average Bonchev–Trinajstić information content (AvgIpc) is 3.13. The number of quaternary nitrogens is 1. The summed E-state index contributed by atoms with van der Waals surface area (Å²) >= 11 is 0. The fraction of sp³-hybridized carbons (Fsp3) is 0.804. The molecule has 0 aromatic rings. The highest BCUT2D eigenvalue weighted by Gasteiger charge is 2.27. The van der Waals surface area contributed by atoms with E-state index >= 15 is 0 Å². The monoisotopic (exact) mass is 796 g/mol. The zero-order valence-electron chi connectivity index (χ0n) is 36.4. The van der Waals surface area contributed by atoms with E-state index < -0.39 is 20.0 Å². The smallest absolute Gasteiger partial charge is 0.387 e. The third-order valence-corrected chi connectivity index (χ3v) is 10.7. The van der Waals surface area contributed by atoms with E-state index in [0.29, 0.717) is 17.4 Å². The van der Waals surface area contributed by atoms with Gasteiger partial charge in [-0.25, -0.2) is 4.57 Å². The molecule has 0 aliphatic carbocycles. The number of phosphoric ester groups is 1. The number of hydrogen-bond acceptors (Lipinski definition) is 5. The third kappa shape index (κ3) is 40.5. The summed E-state index contributed by atoms with van der Waals surface area (Å²) in [7, 11) is 1.53. The first kappa shape index (κ1) is 53.5. The number of aliphatic hydroxyl groups is 1. The van der Waals surface area contributed by atoms with Crippen molar-refractivity contribution < 1.29 is 32.9 Å². The Bertz CT molecular complexity index is 1040. The molecule has 1 amide bonds. The maximum absolute atomic E-state index is 12.8. The molecule has 9 heteroatoms. The molecular formula is C46H88N2O6P+. The van der Waals surface area contributed by atoms with Crippen molar-refractivity contribution in [2.24, 2.45) is 0 Å². The molecule has 3 atom stereocenters. The Kier molecular flexibility index (Phi) is 36.9. The lowest BCUT2D eigenvalue weighted by Gasteiger charge is -2.25. The quantitative estimate of drug-likeness (QED) is 0.0247. The third-order valence-electron chi connectivity index (χ3n) is 9.75. The summed E-state index contributed by atoms with van der Waals surface area (Å²) in [6.07, 6.45) is 47.7. The second kappa shape index (κ2) is 38.0. The second-order valence-electron chi connectivity index (χ2n) is 16.4. The SMILES string of the molecule is CCCC/C=C\CCCCCCCC(=O)NC(COP(=O)(O)OCC[N+](C)(C)C)C(O)/C=C/CC/C=C/CC/C=C/CCCCCCCCCCCCCC.